The molecular weight excluding hydrogens is 441 g/mol. The lowest BCUT2D eigenvalue weighted by molar-refractivity contribution is 0.107. The van der Waals surface area contributed by atoms with Gasteiger partial charge in [-0.15, -0.1) is 0 Å². The van der Waals surface area contributed by atoms with Crippen LogP contribution in [-0.4, -0.2) is 25.9 Å². The topological polar surface area (TPSA) is 55.8 Å². The normalized spacial score (nSPS) is 14.4. The van der Waals surface area contributed by atoms with E-state index in [1.807, 2.05) is 51.1 Å². The maximum atomic E-state index is 13.6. The van der Waals surface area contributed by atoms with Crippen molar-refractivity contribution in [1.82, 2.24) is 4.31 Å². The molecular formula is C26H28FNO4S. The molecule has 33 heavy (non-hydrogen) atoms. The lowest BCUT2D eigenvalue weighted by Crippen LogP contribution is -2.33. The first-order valence-corrected chi connectivity index (χ1v) is 12.3. The second-order valence-corrected chi connectivity index (χ2v) is 10.4. The molecule has 3 aromatic carbocycles. The maximum absolute atomic E-state index is 13.6. The van der Waals surface area contributed by atoms with Gasteiger partial charge in [0.15, 0.2) is 0 Å². The van der Waals surface area contributed by atoms with E-state index in [1.54, 1.807) is 12.1 Å². The molecule has 0 aliphatic carbocycles. The number of sulfonamides is 1. The van der Waals surface area contributed by atoms with Gasteiger partial charge in [-0.05, 0) is 67.3 Å². The first-order valence-electron chi connectivity index (χ1n) is 10.9. The number of ether oxygens (including phenoxy) is 2. The molecule has 3 aromatic rings. The number of aryl methyl sites for hydroxylation is 3. The van der Waals surface area contributed by atoms with Crippen molar-refractivity contribution < 1.29 is 22.3 Å². The summed E-state index contributed by atoms with van der Waals surface area (Å²) in [5, 5.41) is 0. The number of benzene rings is 3. The Hall–Kier alpha value is -2.74. The Bertz CT molecular complexity index is 1230. The van der Waals surface area contributed by atoms with Gasteiger partial charge in [0.25, 0.3) is 0 Å². The second kappa shape index (κ2) is 9.63. The third-order valence-corrected chi connectivity index (χ3v) is 7.87. The van der Waals surface area contributed by atoms with Gasteiger partial charge >= 0.3 is 0 Å². The molecule has 174 valence electrons. The van der Waals surface area contributed by atoms with Crippen molar-refractivity contribution in [2.45, 2.75) is 45.4 Å². The van der Waals surface area contributed by atoms with Crippen LogP contribution in [0.5, 0.6) is 5.75 Å². The van der Waals surface area contributed by atoms with Crippen LogP contribution in [0.3, 0.4) is 0 Å². The third kappa shape index (κ3) is 5.27. The van der Waals surface area contributed by atoms with Crippen LogP contribution in [0.1, 0.15) is 33.4 Å². The molecule has 0 N–H and O–H groups in total. The number of hydrogen-bond donors (Lipinski definition) is 0. The minimum Gasteiger partial charge on any atom is -0.492 e. The van der Waals surface area contributed by atoms with Crippen molar-refractivity contribution in [2.75, 3.05) is 13.2 Å². The van der Waals surface area contributed by atoms with Crippen molar-refractivity contribution in [2.24, 2.45) is 0 Å². The summed E-state index contributed by atoms with van der Waals surface area (Å²) in [6, 6.07) is 15.7. The Labute approximate surface area is 194 Å². The highest BCUT2D eigenvalue weighted by atomic mass is 32.2. The zero-order valence-electron chi connectivity index (χ0n) is 19.1. The summed E-state index contributed by atoms with van der Waals surface area (Å²) in [4.78, 5) is 0.371. The molecule has 1 aliphatic heterocycles. The minimum absolute atomic E-state index is 0.232. The van der Waals surface area contributed by atoms with Crippen LogP contribution in [0, 0.1) is 26.6 Å². The van der Waals surface area contributed by atoms with Crippen LogP contribution in [-0.2, 0) is 34.5 Å². The molecule has 0 atom stereocenters. The van der Waals surface area contributed by atoms with Crippen molar-refractivity contribution in [3.8, 4) is 5.75 Å². The Balaban J connectivity index is 1.52. The fraction of sp³-hybridized carbons (Fsp3) is 0.308. The Morgan fingerprint density at radius 2 is 1.58 bits per heavy atom. The summed E-state index contributed by atoms with van der Waals surface area (Å²) < 4.78 is 53.3. The van der Waals surface area contributed by atoms with Gasteiger partial charge in [0, 0.05) is 18.7 Å². The van der Waals surface area contributed by atoms with Crippen LogP contribution in [0.15, 0.2) is 59.5 Å². The highest BCUT2D eigenvalue weighted by Crippen LogP contribution is 2.30. The Kier molecular flexibility index (Phi) is 6.83. The molecule has 0 saturated heterocycles. The van der Waals surface area contributed by atoms with Gasteiger partial charge in [-0.25, -0.2) is 12.8 Å². The summed E-state index contributed by atoms with van der Waals surface area (Å²) in [6.07, 6.45) is 0. The van der Waals surface area contributed by atoms with Crippen LogP contribution in [0.4, 0.5) is 4.39 Å². The minimum atomic E-state index is -3.68. The molecule has 0 fully saturated rings. The molecule has 0 aromatic heterocycles. The van der Waals surface area contributed by atoms with E-state index in [1.165, 1.54) is 16.4 Å². The van der Waals surface area contributed by atoms with Gasteiger partial charge in [0.05, 0.1) is 18.1 Å². The van der Waals surface area contributed by atoms with Gasteiger partial charge in [0.2, 0.25) is 10.0 Å². The predicted molar refractivity (Wildman–Crippen MR) is 125 cm³/mol. The molecule has 1 aliphatic rings. The van der Waals surface area contributed by atoms with E-state index in [0.29, 0.717) is 23.9 Å². The van der Waals surface area contributed by atoms with Crippen LogP contribution in [0.25, 0.3) is 0 Å². The van der Waals surface area contributed by atoms with Crippen LogP contribution in [0.2, 0.25) is 0 Å². The summed E-state index contributed by atoms with van der Waals surface area (Å²) in [6.45, 7) is 7.16. The number of rotatable bonds is 6. The van der Waals surface area contributed by atoms with Gasteiger partial charge in [-0.1, -0.05) is 35.9 Å². The van der Waals surface area contributed by atoms with Crippen molar-refractivity contribution in [3.05, 3.63) is 93.8 Å². The zero-order valence-corrected chi connectivity index (χ0v) is 19.9. The molecule has 1 heterocycles. The monoisotopic (exact) mass is 469 g/mol. The van der Waals surface area contributed by atoms with Gasteiger partial charge in [-0.3, -0.25) is 0 Å². The molecule has 0 amide bonds. The third-order valence-electron chi connectivity index (χ3n) is 5.72. The largest absolute Gasteiger partial charge is 0.492 e. The van der Waals surface area contributed by atoms with Crippen molar-refractivity contribution in [3.63, 3.8) is 0 Å². The summed E-state index contributed by atoms with van der Waals surface area (Å²) in [5.41, 5.74) is 5.15. The van der Waals surface area contributed by atoms with E-state index in [2.05, 4.69) is 0 Å². The van der Waals surface area contributed by atoms with Crippen molar-refractivity contribution >= 4 is 10.0 Å². The molecule has 0 bridgehead atoms. The lowest BCUT2D eigenvalue weighted by atomic mass is 10.1. The number of fused-ring (bicyclic) bond motifs is 1. The molecule has 4 rings (SSSR count). The smallest absolute Gasteiger partial charge is 0.244 e. The Morgan fingerprint density at radius 3 is 2.27 bits per heavy atom. The molecule has 0 unspecified atom stereocenters. The average molecular weight is 470 g/mol. The molecule has 5 nitrogen and oxygen atoms in total. The highest BCUT2D eigenvalue weighted by Gasteiger charge is 2.30. The van der Waals surface area contributed by atoms with Gasteiger partial charge in [0.1, 0.15) is 18.2 Å². The van der Waals surface area contributed by atoms with E-state index in [4.69, 9.17) is 9.47 Å². The number of halogens is 1. The quantitative estimate of drug-likeness (QED) is 0.507. The molecule has 0 radical (unpaired) electrons. The van der Waals surface area contributed by atoms with Gasteiger partial charge in [-0.2, -0.15) is 4.31 Å². The van der Waals surface area contributed by atoms with Crippen molar-refractivity contribution in [1.29, 1.82) is 0 Å². The molecule has 0 saturated carbocycles. The number of nitrogens with zero attached hydrogens (tertiary/aromatic N) is 1. The van der Waals surface area contributed by atoms with Crippen LogP contribution >= 0.6 is 0 Å². The van der Waals surface area contributed by atoms with E-state index < -0.39 is 10.0 Å². The van der Waals surface area contributed by atoms with E-state index in [9.17, 15) is 12.8 Å². The highest BCUT2D eigenvalue weighted by molar-refractivity contribution is 7.89. The van der Waals surface area contributed by atoms with E-state index in [0.717, 1.165) is 33.4 Å². The number of hydrogen-bond acceptors (Lipinski definition) is 4. The standard InChI is InChI=1S/C26H28FNO4S/c1-18-12-19(2)26(20(3)13-18)33(29,30)28-10-11-32-25-9-6-22(14-23(25)15-28)17-31-16-21-4-7-24(27)8-5-21/h4-9,12-14H,10-11,15-17H2,1-3H3. The summed E-state index contributed by atoms with van der Waals surface area (Å²) in [5.74, 6) is 0.410. The second-order valence-electron chi connectivity index (χ2n) is 8.48. The molecule has 7 heteroatoms. The SMILES string of the molecule is Cc1cc(C)c(S(=O)(=O)N2CCOc3ccc(COCc4ccc(F)cc4)cc3C2)c(C)c1. The fourth-order valence-electron chi connectivity index (χ4n) is 4.29. The van der Waals surface area contributed by atoms with Gasteiger partial charge < -0.3 is 9.47 Å². The first-order chi connectivity index (χ1) is 15.7. The first kappa shape index (κ1) is 23.4. The lowest BCUT2D eigenvalue weighted by Gasteiger charge is -2.22. The van der Waals surface area contributed by atoms with Crippen LogP contribution < -0.4 is 4.74 Å². The predicted octanol–water partition coefficient (Wildman–Crippen LogP) is 5.05. The molecule has 0 spiro atoms. The van der Waals surface area contributed by atoms with E-state index >= 15 is 0 Å². The maximum Gasteiger partial charge on any atom is 0.244 e. The fourth-order valence-corrected chi connectivity index (χ4v) is 6.10. The van der Waals surface area contributed by atoms with E-state index in [-0.39, 0.29) is 25.5 Å². The summed E-state index contributed by atoms with van der Waals surface area (Å²) in [7, 11) is -3.68. The summed E-state index contributed by atoms with van der Waals surface area (Å²) >= 11 is 0. The zero-order chi connectivity index (χ0) is 23.6. The average Bonchev–Trinajstić information content (AvgIpc) is 2.97. The Morgan fingerprint density at radius 1 is 0.939 bits per heavy atom.